The SMILES string of the molecule is COCc1nc(N2CCC(C)CC2)sc1/C=C/C(=O)O. The molecule has 0 saturated carbocycles. The van der Waals surface area contributed by atoms with E-state index in [0.29, 0.717) is 6.61 Å². The smallest absolute Gasteiger partial charge is 0.328 e. The molecular formula is C14H20N2O3S. The fourth-order valence-electron chi connectivity index (χ4n) is 2.20. The Labute approximate surface area is 122 Å². The van der Waals surface area contributed by atoms with Crippen LogP contribution in [0.5, 0.6) is 0 Å². The van der Waals surface area contributed by atoms with Crippen LogP contribution in [0.25, 0.3) is 6.08 Å². The number of aliphatic carboxylic acids is 1. The Morgan fingerprint density at radius 3 is 2.85 bits per heavy atom. The van der Waals surface area contributed by atoms with Gasteiger partial charge in [0.15, 0.2) is 5.13 Å². The molecule has 1 N–H and O–H groups in total. The number of carbonyl (C=O) groups is 1. The van der Waals surface area contributed by atoms with Gasteiger partial charge in [-0.25, -0.2) is 9.78 Å². The number of piperidine rings is 1. The molecular weight excluding hydrogens is 276 g/mol. The molecule has 0 amide bonds. The molecule has 110 valence electrons. The van der Waals surface area contributed by atoms with E-state index >= 15 is 0 Å². The van der Waals surface area contributed by atoms with Gasteiger partial charge in [-0.15, -0.1) is 0 Å². The highest BCUT2D eigenvalue weighted by atomic mass is 32.1. The van der Waals surface area contributed by atoms with Crippen molar-refractivity contribution in [2.24, 2.45) is 5.92 Å². The molecule has 20 heavy (non-hydrogen) atoms. The molecule has 0 radical (unpaired) electrons. The Bertz CT molecular complexity index is 491. The van der Waals surface area contributed by atoms with Gasteiger partial charge >= 0.3 is 5.97 Å². The Hall–Kier alpha value is -1.40. The van der Waals surface area contributed by atoms with Crippen molar-refractivity contribution in [2.45, 2.75) is 26.4 Å². The molecule has 0 aliphatic carbocycles. The summed E-state index contributed by atoms with van der Waals surface area (Å²) in [6.45, 7) is 4.71. The standard InChI is InChI=1S/C14H20N2O3S/c1-10-5-7-16(8-6-10)14-15-11(9-19-2)12(20-14)3-4-13(17)18/h3-4,10H,5-9H2,1-2H3,(H,17,18)/b4-3+. The maximum absolute atomic E-state index is 10.6. The van der Waals surface area contributed by atoms with Crippen LogP contribution in [0.1, 0.15) is 30.3 Å². The van der Waals surface area contributed by atoms with Gasteiger partial charge in [0.25, 0.3) is 0 Å². The summed E-state index contributed by atoms with van der Waals surface area (Å²) in [5, 5.41) is 9.70. The summed E-state index contributed by atoms with van der Waals surface area (Å²) in [6.07, 6.45) is 5.11. The molecule has 1 saturated heterocycles. The van der Waals surface area contributed by atoms with Gasteiger partial charge in [-0.2, -0.15) is 0 Å². The third-order valence-corrected chi connectivity index (χ3v) is 4.55. The molecule has 1 aromatic rings. The molecule has 0 bridgehead atoms. The Morgan fingerprint density at radius 2 is 2.25 bits per heavy atom. The number of carboxylic acids is 1. The highest BCUT2D eigenvalue weighted by Gasteiger charge is 2.20. The molecule has 1 aromatic heterocycles. The first kappa shape index (κ1) is 15.0. The number of rotatable bonds is 5. The van der Waals surface area contributed by atoms with Crippen molar-refractivity contribution in [3.05, 3.63) is 16.6 Å². The van der Waals surface area contributed by atoms with Gasteiger partial charge < -0.3 is 14.7 Å². The lowest BCUT2D eigenvalue weighted by Gasteiger charge is -2.29. The maximum Gasteiger partial charge on any atom is 0.328 e. The monoisotopic (exact) mass is 296 g/mol. The predicted octanol–water partition coefficient (Wildman–Crippen LogP) is 2.62. The minimum Gasteiger partial charge on any atom is -0.478 e. The molecule has 2 heterocycles. The van der Waals surface area contributed by atoms with E-state index in [2.05, 4.69) is 16.8 Å². The Kier molecular flexibility index (Phi) is 5.14. The highest BCUT2D eigenvalue weighted by Crippen LogP contribution is 2.31. The fraction of sp³-hybridized carbons (Fsp3) is 0.571. The highest BCUT2D eigenvalue weighted by molar-refractivity contribution is 7.16. The first-order valence-corrected chi connectivity index (χ1v) is 7.56. The first-order valence-electron chi connectivity index (χ1n) is 6.74. The minimum absolute atomic E-state index is 0.403. The number of anilines is 1. The summed E-state index contributed by atoms with van der Waals surface area (Å²) >= 11 is 1.53. The van der Waals surface area contributed by atoms with Crippen molar-refractivity contribution >= 4 is 28.5 Å². The summed E-state index contributed by atoms with van der Waals surface area (Å²) in [7, 11) is 1.62. The maximum atomic E-state index is 10.6. The van der Waals surface area contributed by atoms with E-state index in [0.717, 1.165) is 40.8 Å². The average molecular weight is 296 g/mol. The third-order valence-electron chi connectivity index (χ3n) is 3.43. The van der Waals surface area contributed by atoms with Gasteiger partial charge in [0.2, 0.25) is 0 Å². The summed E-state index contributed by atoms with van der Waals surface area (Å²) in [6, 6.07) is 0. The van der Waals surface area contributed by atoms with Crippen LogP contribution in [0.2, 0.25) is 0 Å². The quantitative estimate of drug-likeness (QED) is 0.846. The van der Waals surface area contributed by atoms with E-state index in [1.165, 1.54) is 24.2 Å². The number of methoxy groups -OCH3 is 1. The largest absolute Gasteiger partial charge is 0.478 e. The van der Waals surface area contributed by atoms with Crippen LogP contribution in [0, 0.1) is 5.92 Å². The number of aromatic nitrogens is 1. The van der Waals surface area contributed by atoms with Crippen molar-refractivity contribution in [3.8, 4) is 0 Å². The lowest BCUT2D eigenvalue weighted by atomic mass is 10.00. The Balaban J connectivity index is 2.17. The zero-order valence-corrected chi connectivity index (χ0v) is 12.7. The van der Waals surface area contributed by atoms with E-state index in [1.807, 2.05) is 0 Å². The van der Waals surface area contributed by atoms with E-state index in [-0.39, 0.29) is 0 Å². The third kappa shape index (κ3) is 3.80. The second kappa shape index (κ2) is 6.85. The van der Waals surface area contributed by atoms with E-state index < -0.39 is 5.97 Å². The second-order valence-corrected chi connectivity index (χ2v) is 6.09. The molecule has 0 aromatic carbocycles. The molecule has 6 heteroatoms. The first-order chi connectivity index (χ1) is 9.60. The summed E-state index contributed by atoms with van der Waals surface area (Å²) < 4.78 is 5.14. The van der Waals surface area contributed by atoms with Crippen LogP contribution in [0.3, 0.4) is 0 Å². The summed E-state index contributed by atoms with van der Waals surface area (Å²) in [4.78, 5) is 18.4. The van der Waals surface area contributed by atoms with Gasteiger partial charge in [-0.05, 0) is 24.8 Å². The van der Waals surface area contributed by atoms with Gasteiger partial charge in [0.05, 0.1) is 17.2 Å². The van der Waals surface area contributed by atoms with Gasteiger partial charge in [0.1, 0.15) is 0 Å². The van der Waals surface area contributed by atoms with Crippen molar-refractivity contribution < 1.29 is 14.6 Å². The number of hydrogen-bond donors (Lipinski definition) is 1. The average Bonchev–Trinajstić information content (AvgIpc) is 2.81. The van der Waals surface area contributed by atoms with Crippen LogP contribution >= 0.6 is 11.3 Å². The number of ether oxygens (including phenoxy) is 1. The van der Waals surface area contributed by atoms with Crippen LogP contribution in [0.4, 0.5) is 5.13 Å². The van der Waals surface area contributed by atoms with Crippen LogP contribution < -0.4 is 4.90 Å². The lowest BCUT2D eigenvalue weighted by molar-refractivity contribution is -0.131. The molecule has 0 atom stereocenters. The van der Waals surface area contributed by atoms with Crippen LogP contribution in [-0.2, 0) is 16.1 Å². The second-order valence-electron chi connectivity index (χ2n) is 5.08. The van der Waals surface area contributed by atoms with Crippen molar-refractivity contribution in [2.75, 3.05) is 25.1 Å². The van der Waals surface area contributed by atoms with Crippen LogP contribution in [0.15, 0.2) is 6.08 Å². The number of carboxylic acid groups (broad SMARTS) is 1. The number of hydrogen-bond acceptors (Lipinski definition) is 5. The molecule has 5 nitrogen and oxygen atoms in total. The van der Waals surface area contributed by atoms with E-state index in [9.17, 15) is 4.79 Å². The minimum atomic E-state index is -0.949. The topological polar surface area (TPSA) is 62.7 Å². The number of nitrogens with zero attached hydrogens (tertiary/aromatic N) is 2. The van der Waals surface area contributed by atoms with Crippen molar-refractivity contribution in [1.82, 2.24) is 4.98 Å². The fourth-order valence-corrected chi connectivity index (χ4v) is 3.23. The van der Waals surface area contributed by atoms with E-state index in [4.69, 9.17) is 9.84 Å². The number of thiazole rings is 1. The van der Waals surface area contributed by atoms with E-state index in [1.54, 1.807) is 13.2 Å². The zero-order valence-electron chi connectivity index (χ0n) is 11.8. The normalized spacial score (nSPS) is 17.0. The molecule has 1 aliphatic rings. The molecule has 0 spiro atoms. The summed E-state index contributed by atoms with van der Waals surface area (Å²) in [5.74, 6) is -0.175. The van der Waals surface area contributed by atoms with Gasteiger partial charge in [0, 0.05) is 26.3 Å². The van der Waals surface area contributed by atoms with Crippen molar-refractivity contribution in [3.63, 3.8) is 0 Å². The summed E-state index contributed by atoms with van der Waals surface area (Å²) in [5.41, 5.74) is 0.809. The van der Waals surface area contributed by atoms with Gasteiger partial charge in [-0.1, -0.05) is 18.3 Å². The lowest BCUT2D eigenvalue weighted by Crippen LogP contribution is -2.32. The molecule has 1 fully saturated rings. The molecule has 0 unspecified atom stereocenters. The molecule has 2 rings (SSSR count). The van der Waals surface area contributed by atoms with Gasteiger partial charge in [-0.3, -0.25) is 0 Å². The van der Waals surface area contributed by atoms with Crippen molar-refractivity contribution in [1.29, 1.82) is 0 Å². The van der Waals surface area contributed by atoms with Crippen LogP contribution in [-0.4, -0.2) is 36.3 Å². The Morgan fingerprint density at radius 1 is 1.55 bits per heavy atom. The predicted molar refractivity (Wildman–Crippen MR) is 80.1 cm³/mol. The molecule has 1 aliphatic heterocycles. The zero-order chi connectivity index (χ0) is 14.5.